The average molecular weight is 601 g/mol. The first-order valence-corrected chi connectivity index (χ1v) is 17.9. The third-order valence-electron chi connectivity index (χ3n) is 6.41. The fraction of sp³-hybridized carbons (Fsp3) is 0.545. The number of allylic oxidation sites excluding steroid dienone is 1. The van der Waals surface area contributed by atoms with E-state index in [1.807, 2.05) is 13.8 Å². The zero-order valence-electron chi connectivity index (χ0n) is 27.0. The Morgan fingerprint density at radius 2 is 1.71 bits per heavy atom. The van der Waals surface area contributed by atoms with E-state index in [2.05, 4.69) is 93.5 Å². The van der Waals surface area contributed by atoms with Crippen LogP contribution in [0.2, 0.25) is 0 Å². The minimum absolute atomic E-state index is 0.872. The number of aryl methyl sites for hydroxylation is 3. The lowest BCUT2D eigenvalue weighted by atomic mass is 9.98. The van der Waals surface area contributed by atoms with Crippen LogP contribution in [0.4, 0.5) is 0 Å². The maximum atomic E-state index is 9.63. The van der Waals surface area contributed by atoms with Gasteiger partial charge < -0.3 is 5.32 Å². The summed E-state index contributed by atoms with van der Waals surface area (Å²) in [5.74, 6) is 0.968. The largest absolute Gasteiger partial charge is 0.313 e. The molecule has 0 spiro atoms. The number of nitrogens with one attached hydrogen (secondary N) is 1. The lowest BCUT2D eigenvalue weighted by molar-refractivity contribution is 0.466. The van der Waals surface area contributed by atoms with Gasteiger partial charge >= 0.3 is 0 Å². The lowest BCUT2D eigenvalue weighted by Crippen LogP contribution is -2.15. The Balaban J connectivity index is 0.000000499. The third kappa shape index (κ3) is 14.3. The van der Waals surface area contributed by atoms with Gasteiger partial charge in [-0.15, -0.1) is 10.2 Å². The summed E-state index contributed by atoms with van der Waals surface area (Å²) in [5.41, 5.74) is 7.90. The summed E-state index contributed by atoms with van der Waals surface area (Å²) in [7, 11) is -2.67. The quantitative estimate of drug-likeness (QED) is 0.238. The highest BCUT2D eigenvalue weighted by Gasteiger charge is 2.14. The van der Waals surface area contributed by atoms with Crippen molar-refractivity contribution in [2.75, 3.05) is 25.6 Å². The van der Waals surface area contributed by atoms with Crippen LogP contribution in [0.25, 0.3) is 27.4 Å². The van der Waals surface area contributed by atoms with Crippen molar-refractivity contribution in [3.63, 3.8) is 0 Å². The van der Waals surface area contributed by atoms with Crippen molar-refractivity contribution in [2.24, 2.45) is 5.92 Å². The number of hydrogen-bond donors (Lipinski definition) is 1. The summed E-state index contributed by atoms with van der Waals surface area (Å²) >= 11 is 1.61. The molecule has 0 radical (unpaired) electrons. The molecule has 6 nitrogen and oxygen atoms in total. The molecule has 2 aromatic heterocycles. The number of pyridine rings is 1. The zero-order chi connectivity index (χ0) is 31.0. The molecule has 0 fully saturated rings. The Kier molecular flexibility index (Phi) is 16.9. The Labute approximate surface area is 254 Å². The zero-order valence-corrected chi connectivity index (χ0v) is 28.6. The third-order valence-corrected chi connectivity index (χ3v) is 7.28. The molecule has 0 aliphatic rings. The van der Waals surface area contributed by atoms with Crippen molar-refractivity contribution in [3.05, 3.63) is 58.2 Å². The fourth-order valence-electron chi connectivity index (χ4n) is 4.31. The van der Waals surface area contributed by atoms with Gasteiger partial charge in [-0.1, -0.05) is 95.4 Å². The molecular weight excluding hydrogens is 549 g/mol. The molecule has 228 valence electrons. The minimum atomic E-state index is -2.67. The highest BCUT2D eigenvalue weighted by atomic mass is 32.2. The van der Waals surface area contributed by atoms with E-state index in [9.17, 15) is 8.42 Å². The van der Waals surface area contributed by atoms with Crippen LogP contribution in [0.5, 0.6) is 0 Å². The number of aromatic nitrogens is 3. The molecule has 2 heterocycles. The fourth-order valence-corrected chi connectivity index (χ4v) is 5.07. The van der Waals surface area contributed by atoms with Crippen LogP contribution in [-0.2, 0) is 9.84 Å². The first-order chi connectivity index (χ1) is 19.3. The molecular formula is C33H52N4O2S2. The van der Waals surface area contributed by atoms with Crippen LogP contribution in [0.15, 0.2) is 36.4 Å². The first-order valence-electron chi connectivity index (χ1n) is 14.7. The second-order valence-corrected chi connectivity index (χ2v) is 14.2. The maximum absolute atomic E-state index is 9.63. The van der Waals surface area contributed by atoms with E-state index >= 15 is 0 Å². The van der Waals surface area contributed by atoms with Crippen molar-refractivity contribution in [1.29, 1.82) is 0 Å². The summed E-state index contributed by atoms with van der Waals surface area (Å²) in [5, 5.41) is 13.7. The van der Waals surface area contributed by atoms with Gasteiger partial charge in [0.2, 0.25) is 0 Å². The molecule has 0 saturated carbocycles. The number of sulfone groups is 1. The van der Waals surface area contributed by atoms with Crippen LogP contribution in [0.3, 0.4) is 0 Å². The van der Waals surface area contributed by atoms with Gasteiger partial charge in [0, 0.05) is 35.9 Å². The Bertz CT molecular complexity index is 1320. The molecule has 0 aliphatic heterocycles. The average Bonchev–Trinajstić information content (AvgIpc) is 3.34. The molecule has 0 saturated heterocycles. The van der Waals surface area contributed by atoms with Crippen LogP contribution in [0.1, 0.15) is 88.6 Å². The Hall–Kier alpha value is -2.42. The molecule has 8 heteroatoms. The first kappa shape index (κ1) is 36.6. The van der Waals surface area contributed by atoms with Gasteiger partial charge in [-0.25, -0.2) is 8.42 Å². The molecule has 3 aromatic rings. The van der Waals surface area contributed by atoms with E-state index in [-0.39, 0.29) is 0 Å². The summed E-state index contributed by atoms with van der Waals surface area (Å²) in [6.07, 6.45) is 11.5. The normalized spacial score (nSPS) is 12.2. The van der Waals surface area contributed by atoms with Crippen molar-refractivity contribution in [1.82, 2.24) is 20.5 Å². The number of hydrogen-bond acceptors (Lipinski definition) is 7. The van der Waals surface area contributed by atoms with Gasteiger partial charge in [0.25, 0.3) is 0 Å². The van der Waals surface area contributed by atoms with E-state index in [1.165, 1.54) is 43.2 Å². The van der Waals surface area contributed by atoms with E-state index in [4.69, 9.17) is 4.98 Å². The molecule has 0 bridgehead atoms. The number of unbranched alkanes of at least 4 members (excludes halogenated alkanes) is 1. The topological polar surface area (TPSA) is 84.8 Å². The predicted octanol–water partition coefficient (Wildman–Crippen LogP) is 8.48. The molecule has 1 unspecified atom stereocenters. The van der Waals surface area contributed by atoms with Crippen molar-refractivity contribution < 1.29 is 8.42 Å². The van der Waals surface area contributed by atoms with Crippen LogP contribution in [0, 0.1) is 26.7 Å². The van der Waals surface area contributed by atoms with Crippen molar-refractivity contribution >= 4 is 26.7 Å². The summed E-state index contributed by atoms with van der Waals surface area (Å²) in [6, 6.07) is 10.8. The van der Waals surface area contributed by atoms with Gasteiger partial charge in [-0.2, -0.15) is 0 Å². The highest BCUT2D eigenvalue weighted by molar-refractivity contribution is 7.89. The highest BCUT2D eigenvalue weighted by Crippen LogP contribution is 2.31. The second-order valence-electron chi connectivity index (χ2n) is 10.8. The second kappa shape index (κ2) is 18.9. The standard InChI is InChI=1S/C22H26N4S.C9H20.C2H6O2S/c1-6-17(13-23-7-2)18-9-8-10-19(12-18)21-14(3)11-20(15(4)24-21)22-26-25-16(5)27-22;1-4-6-8-9(3)7-5-2;1-5(2,3)4/h6,8-12,23H,7,13H2,1-5H3;9H,4-8H2,1-3H3;1-2H3/b17-6+;;. The van der Waals surface area contributed by atoms with Crippen LogP contribution >= 0.6 is 11.3 Å². The van der Waals surface area contributed by atoms with Crippen molar-refractivity contribution in [2.45, 2.75) is 87.5 Å². The molecule has 0 aliphatic carbocycles. The van der Waals surface area contributed by atoms with E-state index in [0.29, 0.717) is 0 Å². The number of nitrogens with zero attached hydrogens (tertiary/aromatic N) is 3. The molecule has 41 heavy (non-hydrogen) atoms. The number of likely N-dealkylation sites (N-methyl/N-ethyl adjacent to an activating group) is 1. The lowest BCUT2D eigenvalue weighted by Gasteiger charge is -2.13. The number of benzene rings is 1. The van der Waals surface area contributed by atoms with Crippen LogP contribution in [-0.4, -0.2) is 49.2 Å². The van der Waals surface area contributed by atoms with Crippen LogP contribution < -0.4 is 5.32 Å². The SMILES string of the molecule is C/C=C(\CNCC)c1cccc(-c2nc(C)c(-c3nnc(C)s3)cc2C)c1.CCCCC(C)CCC.CS(C)(=O)=O. The van der Waals surface area contributed by atoms with Gasteiger partial charge in [0.05, 0.1) is 5.69 Å². The Morgan fingerprint density at radius 3 is 2.24 bits per heavy atom. The van der Waals surface area contributed by atoms with Gasteiger partial charge in [-0.05, 0) is 69.0 Å². The molecule has 1 N–H and O–H groups in total. The molecule has 3 rings (SSSR count). The van der Waals surface area contributed by atoms with Gasteiger partial charge in [0.15, 0.2) is 0 Å². The smallest absolute Gasteiger partial charge is 0.149 e. The summed E-state index contributed by atoms with van der Waals surface area (Å²) in [4.78, 5) is 4.92. The molecule has 1 aromatic carbocycles. The monoisotopic (exact) mass is 600 g/mol. The maximum Gasteiger partial charge on any atom is 0.149 e. The summed E-state index contributed by atoms with van der Waals surface area (Å²) < 4.78 is 19.3. The van der Waals surface area contributed by atoms with Gasteiger partial charge in [0.1, 0.15) is 19.9 Å². The number of rotatable bonds is 11. The van der Waals surface area contributed by atoms with E-state index in [0.717, 1.165) is 69.6 Å². The van der Waals surface area contributed by atoms with Crippen molar-refractivity contribution in [3.8, 4) is 21.8 Å². The Morgan fingerprint density at radius 1 is 1.02 bits per heavy atom. The molecule has 1 atom stereocenters. The molecule has 0 amide bonds. The van der Waals surface area contributed by atoms with Gasteiger partial charge in [-0.3, -0.25) is 4.98 Å². The summed E-state index contributed by atoms with van der Waals surface area (Å²) in [6.45, 7) is 19.1. The van der Waals surface area contributed by atoms with E-state index < -0.39 is 9.84 Å². The predicted molar refractivity (Wildman–Crippen MR) is 179 cm³/mol. The minimum Gasteiger partial charge on any atom is -0.313 e. The van der Waals surface area contributed by atoms with E-state index in [1.54, 1.807) is 11.3 Å².